The van der Waals surface area contributed by atoms with Crippen LogP contribution in [0.3, 0.4) is 0 Å². The minimum Gasteiger partial charge on any atom is -0.480 e. The Hall–Kier alpha value is -3.05. The Morgan fingerprint density at radius 2 is 1.82 bits per heavy atom. The third-order valence-electron chi connectivity index (χ3n) is 4.15. The molecule has 0 aliphatic heterocycles. The zero-order chi connectivity index (χ0) is 20.1. The van der Waals surface area contributed by atoms with E-state index in [1.807, 2.05) is 42.5 Å². The number of hydrogen-bond donors (Lipinski definition) is 1. The van der Waals surface area contributed by atoms with Gasteiger partial charge in [0.2, 0.25) is 0 Å². The summed E-state index contributed by atoms with van der Waals surface area (Å²) in [5.74, 6) is -0.192. The largest absolute Gasteiger partial charge is 0.480 e. The molecular weight excluding hydrogens is 378 g/mol. The zero-order valence-corrected chi connectivity index (χ0v) is 16.3. The fraction of sp³-hybridized carbons (Fsp3) is 0.182. The highest BCUT2D eigenvalue weighted by molar-refractivity contribution is 6.34. The summed E-state index contributed by atoms with van der Waals surface area (Å²) in [5.41, 5.74) is 0.720. The van der Waals surface area contributed by atoms with Crippen molar-refractivity contribution in [1.82, 2.24) is 0 Å². The van der Waals surface area contributed by atoms with Gasteiger partial charge in [0, 0.05) is 11.1 Å². The highest BCUT2D eigenvalue weighted by atomic mass is 35.5. The molecule has 0 unspecified atom stereocenters. The van der Waals surface area contributed by atoms with Crippen molar-refractivity contribution >= 4 is 39.9 Å². The molecule has 6 heteroatoms. The predicted octanol–water partition coefficient (Wildman–Crippen LogP) is 5.08. The monoisotopic (exact) mass is 397 g/mol. The molecule has 0 heterocycles. The quantitative estimate of drug-likeness (QED) is 0.589. The Labute approximate surface area is 168 Å². The van der Waals surface area contributed by atoms with Crippen molar-refractivity contribution in [3.63, 3.8) is 0 Å². The van der Waals surface area contributed by atoms with Gasteiger partial charge in [-0.2, -0.15) is 0 Å². The van der Waals surface area contributed by atoms with Gasteiger partial charge < -0.3 is 14.8 Å². The van der Waals surface area contributed by atoms with Crippen molar-refractivity contribution in [2.75, 3.05) is 11.9 Å². The molecule has 0 saturated carbocycles. The van der Waals surface area contributed by atoms with E-state index in [9.17, 15) is 9.59 Å². The Morgan fingerprint density at radius 3 is 2.57 bits per heavy atom. The molecule has 0 aliphatic rings. The van der Waals surface area contributed by atoms with Gasteiger partial charge in [-0.3, -0.25) is 4.79 Å². The van der Waals surface area contributed by atoms with Crippen LogP contribution in [0.5, 0.6) is 5.75 Å². The fourth-order valence-corrected chi connectivity index (χ4v) is 3.01. The normalized spacial score (nSPS) is 11.7. The molecule has 3 aromatic rings. The number of ether oxygens (including phenoxy) is 2. The van der Waals surface area contributed by atoms with E-state index in [1.54, 1.807) is 19.9 Å². The number of rotatable bonds is 6. The molecule has 1 N–H and O–H groups in total. The molecule has 3 aromatic carbocycles. The van der Waals surface area contributed by atoms with Crippen molar-refractivity contribution in [3.05, 3.63) is 71.2 Å². The Balaban J connectivity index is 1.70. The lowest BCUT2D eigenvalue weighted by Crippen LogP contribution is -2.30. The van der Waals surface area contributed by atoms with Crippen molar-refractivity contribution in [2.24, 2.45) is 0 Å². The van der Waals surface area contributed by atoms with Crippen molar-refractivity contribution in [2.45, 2.75) is 20.0 Å². The van der Waals surface area contributed by atoms with E-state index >= 15 is 0 Å². The topological polar surface area (TPSA) is 64.6 Å². The van der Waals surface area contributed by atoms with Crippen LogP contribution in [0.25, 0.3) is 10.8 Å². The zero-order valence-electron chi connectivity index (χ0n) is 15.6. The van der Waals surface area contributed by atoms with E-state index < -0.39 is 12.1 Å². The van der Waals surface area contributed by atoms with E-state index in [-0.39, 0.29) is 23.1 Å². The Morgan fingerprint density at radius 1 is 1.07 bits per heavy atom. The number of amides is 1. The predicted molar refractivity (Wildman–Crippen MR) is 110 cm³/mol. The number of carbonyl (C=O) groups is 2. The van der Waals surface area contributed by atoms with E-state index in [4.69, 9.17) is 21.1 Å². The summed E-state index contributed by atoms with van der Waals surface area (Å²) in [6.07, 6.45) is -0.727. The average molecular weight is 398 g/mol. The molecule has 0 spiro atoms. The van der Waals surface area contributed by atoms with Crippen LogP contribution in [0.4, 0.5) is 5.69 Å². The number of hydrogen-bond acceptors (Lipinski definition) is 4. The van der Waals surface area contributed by atoms with E-state index in [1.165, 1.54) is 12.1 Å². The highest BCUT2D eigenvalue weighted by Gasteiger charge is 2.18. The number of fused-ring (bicyclic) bond motifs is 1. The number of benzene rings is 3. The van der Waals surface area contributed by atoms with Gasteiger partial charge in [-0.05, 0) is 43.5 Å². The maximum absolute atomic E-state index is 12.5. The maximum Gasteiger partial charge on any atom is 0.339 e. The van der Waals surface area contributed by atoms with Gasteiger partial charge in [-0.1, -0.05) is 48.0 Å². The third kappa shape index (κ3) is 4.43. The summed E-state index contributed by atoms with van der Waals surface area (Å²) in [6, 6.07) is 18.1. The van der Waals surface area contributed by atoms with Crippen LogP contribution in [0.2, 0.25) is 5.02 Å². The highest BCUT2D eigenvalue weighted by Crippen LogP contribution is 2.26. The minimum absolute atomic E-state index is 0.207. The fourth-order valence-electron chi connectivity index (χ4n) is 2.75. The maximum atomic E-state index is 12.5. The molecular formula is C22H20ClNO4. The van der Waals surface area contributed by atoms with Gasteiger partial charge in [-0.15, -0.1) is 0 Å². The van der Waals surface area contributed by atoms with E-state index in [0.29, 0.717) is 11.4 Å². The van der Waals surface area contributed by atoms with Gasteiger partial charge in [0.15, 0.2) is 6.10 Å². The van der Waals surface area contributed by atoms with E-state index in [0.717, 1.165) is 10.8 Å². The smallest absolute Gasteiger partial charge is 0.339 e. The van der Waals surface area contributed by atoms with Gasteiger partial charge in [-0.25, -0.2) is 4.79 Å². The molecule has 28 heavy (non-hydrogen) atoms. The molecule has 0 bridgehead atoms. The van der Waals surface area contributed by atoms with Gasteiger partial charge in [0.25, 0.3) is 5.91 Å². The number of halogens is 1. The first-order valence-corrected chi connectivity index (χ1v) is 9.29. The van der Waals surface area contributed by atoms with Crippen LogP contribution in [0, 0.1) is 0 Å². The first kappa shape index (κ1) is 19.7. The molecule has 1 atom stereocenters. The summed E-state index contributed by atoms with van der Waals surface area (Å²) in [7, 11) is 0. The summed E-state index contributed by atoms with van der Waals surface area (Å²) >= 11 is 6.13. The van der Waals surface area contributed by atoms with Crippen LogP contribution in [-0.4, -0.2) is 24.6 Å². The minimum atomic E-state index is -0.727. The Bertz CT molecular complexity index is 1010. The van der Waals surface area contributed by atoms with Crippen LogP contribution in [0.15, 0.2) is 60.7 Å². The molecule has 0 aromatic heterocycles. The van der Waals surface area contributed by atoms with E-state index in [2.05, 4.69) is 5.32 Å². The first-order chi connectivity index (χ1) is 13.5. The lowest BCUT2D eigenvalue weighted by molar-refractivity contribution is -0.122. The Kier molecular flexibility index (Phi) is 6.16. The summed E-state index contributed by atoms with van der Waals surface area (Å²) in [5, 5.41) is 4.93. The third-order valence-corrected chi connectivity index (χ3v) is 4.47. The summed E-state index contributed by atoms with van der Waals surface area (Å²) < 4.78 is 10.8. The van der Waals surface area contributed by atoms with Crippen molar-refractivity contribution in [3.8, 4) is 5.75 Å². The number of anilines is 1. The lowest BCUT2D eigenvalue weighted by Gasteiger charge is -2.16. The summed E-state index contributed by atoms with van der Waals surface area (Å²) in [6.45, 7) is 3.65. The van der Waals surface area contributed by atoms with Crippen LogP contribution in [-0.2, 0) is 9.53 Å². The van der Waals surface area contributed by atoms with Crippen LogP contribution >= 0.6 is 11.6 Å². The SMILES string of the molecule is CCOC(=O)c1ccc(NC(=O)[C@H](C)Oc2cccc3ccccc23)cc1Cl. The second-order valence-electron chi connectivity index (χ2n) is 6.14. The van der Waals surface area contributed by atoms with Crippen molar-refractivity contribution < 1.29 is 19.1 Å². The number of nitrogens with one attached hydrogen (secondary N) is 1. The number of esters is 1. The van der Waals surface area contributed by atoms with Gasteiger partial charge in [0.05, 0.1) is 17.2 Å². The first-order valence-electron chi connectivity index (χ1n) is 8.91. The van der Waals surface area contributed by atoms with Gasteiger partial charge >= 0.3 is 5.97 Å². The second-order valence-corrected chi connectivity index (χ2v) is 6.55. The van der Waals surface area contributed by atoms with Crippen LogP contribution < -0.4 is 10.1 Å². The molecule has 0 aliphatic carbocycles. The molecule has 144 valence electrons. The molecule has 0 saturated heterocycles. The van der Waals surface area contributed by atoms with Gasteiger partial charge in [0.1, 0.15) is 5.75 Å². The van der Waals surface area contributed by atoms with Crippen LogP contribution in [0.1, 0.15) is 24.2 Å². The molecule has 0 fully saturated rings. The standard InChI is InChI=1S/C22H20ClNO4/c1-3-27-22(26)18-12-11-16(13-19(18)23)24-21(25)14(2)28-20-10-6-8-15-7-4-5-9-17(15)20/h4-14H,3H2,1-2H3,(H,24,25)/t14-/m0/s1. The number of carbonyl (C=O) groups excluding carboxylic acids is 2. The molecule has 1 amide bonds. The lowest BCUT2D eigenvalue weighted by atomic mass is 10.1. The summed E-state index contributed by atoms with van der Waals surface area (Å²) in [4.78, 5) is 24.3. The van der Waals surface area contributed by atoms with Crippen molar-refractivity contribution in [1.29, 1.82) is 0 Å². The average Bonchev–Trinajstić information content (AvgIpc) is 2.68. The molecule has 0 radical (unpaired) electrons. The molecule has 3 rings (SSSR count). The second kappa shape index (κ2) is 8.76. The molecule has 5 nitrogen and oxygen atoms in total.